The van der Waals surface area contributed by atoms with Gasteiger partial charge >= 0.3 is 18.0 Å². The van der Waals surface area contributed by atoms with Crippen molar-refractivity contribution in [2.75, 3.05) is 47.6 Å². The number of rotatable bonds is 21. The van der Waals surface area contributed by atoms with Gasteiger partial charge in [-0.1, -0.05) is 84.0 Å². The van der Waals surface area contributed by atoms with Crippen molar-refractivity contribution in [3.63, 3.8) is 0 Å². The predicted molar refractivity (Wildman–Crippen MR) is 323 cm³/mol. The molecular formula is C64H100N6O19. The van der Waals surface area contributed by atoms with E-state index in [0.29, 0.717) is 19.5 Å². The number of aliphatic hydroxyl groups is 2. The molecule has 2 amide bonds. The Hall–Kier alpha value is -5.32. The van der Waals surface area contributed by atoms with Crippen molar-refractivity contribution in [2.24, 2.45) is 46.6 Å². The molecule has 4 aliphatic heterocycles. The minimum Gasteiger partial charge on any atom is -0.461 e. The summed E-state index contributed by atoms with van der Waals surface area (Å²) in [4.78, 5) is 88.4. The van der Waals surface area contributed by atoms with E-state index in [4.69, 9.17) is 56.9 Å². The zero-order chi connectivity index (χ0) is 65.4. The van der Waals surface area contributed by atoms with Gasteiger partial charge in [-0.25, -0.2) is 9.78 Å². The normalized spacial score (nSPS) is 36.2. The number of ether oxygens (including phenoxy) is 11. The number of esters is 2. The van der Waals surface area contributed by atoms with E-state index < -0.39 is 151 Å². The first-order valence-corrected chi connectivity index (χ1v) is 31.3. The second-order valence-electron chi connectivity index (χ2n) is 25.4. The van der Waals surface area contributed by atoms with Crippen LogP contribution in [-0.4, -0.2) is 206 Å². The summed E-state index contributed by atoms with van der Waals surface area (Å²) in [5.41, 5.74) is -0.782. The molecule has 0 spiro atoms. The first-order valence-electron chi connectivity index (χ1n) is 31.3. The quantitative estimate of drug-likeness (QED) is 0.0652. The van der Waals surface area contributed by atoms with Crippen molar-refractivity contribution in [1.29, 1.82) is 0 Å². The smallest absolute Gasteiger partial charge is 0.408 e. The number of aliphatic hydroxyl groups excluding tert-OH is 2. The number of carbonyl (C=O) groups is 5. The molecule has 2 aromatic rings. The van der Waals surface area contributed by atoms with Gasteiger partial charge in [0.15, 0.2) is 30.3 Å². The van der Waals surface area contributed by atoms with Gasteiger partial charge in [-0.2, -0.15) is 0 Å². The van der Waals surface area contributed by atoms with Gasteiger partial charge in [0.25, 0.3) is 5.91 Å². The second-order valence-corrected chi connectivity index (χ2v) is 25.4. The van der Waals surface area contributed by atoms with Crippen LogP contribution >= 0.6 is 0 Å². The van der Waals surface area contributed by atoms with E-state index in [1.807, 2.05) is 71.9 Å². The lowest BCUT2D eigenvalue weighted by Gasteiger charge is -2.45. The largest absolute Gasteiger partial charge is 0.461 e. The molecule has 4 fully saturated rings. The number of hydrogen-bond donors (Lipinski definition) is 4. The van der Waals surface area contributed by atoms with Crippen molar-refractivity contribution in [3.8, 4) is 0 Å². The summed E-state index contributed by atoms with van der Waals surface area (Å²) in [6.07, 6.45) is -10.3. The predicted octanol–water partition coefficient (Wildman–Crippen LogP) is 5.80. The van der Waals surface area contributed by atoms with E-state index in [-0.39, 0.29) is 68.2 Å². The van der Waals surface area contributed by atoms with E-state index in [9.17, 15) is 24.6 Å². The Labute approximate surface area is 524 Å². The van der Waals surface area contributed by atoms with E-state index in [0.717, 1.165) is 5.56 Å². The van der Waals surface area contributed by atoms with Crippen LogP contribution < -0.4 is 10.6 Å². The number of nitrogens with one attached hydrogen (secondary N) is 2. The van der Waals surface area contributed by atoms with E-state index in [1.54, 1.807) is 41.5 Å². The molecule has 25 nitrogen and oxygen atoms in total. The van der Waals surface area contributed by atoms with Crippen LogP contribution in [0.3, 0.4) is 0 Å². The number of carbonyl (C=O) groups excluding carboxylic acids is 5. The minimum atomic E-state index is -2.00. The molecule has 500 valence electrons. The Bertz CT molecular complexity index is 2590. The highest BCUT2D eigenvalue weighted by atomic mass is 16.7. The van der Waals surface area contributed by atoms with Gasteiger partial charge in [-0.15, -0.1) is 0 Å². The van der Waals surface area contributed by atoms with Crippen LogP contribution in [0.4, 0.5) is 4.79 Å². The molecular weight excluding hydrogens is 1160 g/mol. The Kier molecular flexibility index (Phi) is 27.7. The van der Waals surface area contributed by atoms with Crippen LogP contribution in [0.25, 0.3) is 0 Å². The molecule has 4 saturated heterocycles. The number of alkyl carbamates (subject to hydrolysis) is 1. The molecule has 22 atom stereocenters. The first kappa shape index (κ1) is 72.7. The third-order valence-corrected chi connectivity index (χ3v) is 17.5. The Morgan fingerprint density at radius 3 is 2.18 bits per heavy atom. The molecule has 4 aliphatic rings. The highest BCUT2D eigenvalue weighted by Gasteiger charge is 2.53. The monoisotopic (exact) mass is 1260 g/mol. The van der Waals surface area contributed by atoms with Crippen LogP contribution in [0.5, 0.6) is 0 Å². The molecule has 1 unspecified atom stereocenters. The molecule has 0 radical (unpaired) electrons. The van der Waals surface area contributed by atoms with Crippen molar-refractivity contribution >= 4 is 35.4 Å². The number of oxime groups is 1. The Morgan fingerprint density at radius 1 is 0.820 bits per heavy atom. The molecule has 1 aromatic carbocycles. The van der Waals surface area contributed by atoms with Crippen molar-refractivity contribution in [1.82, 2.24) is 25.5 Å². The standard InChI is InChI=1S/C64H100N6O19/c1-34(2)26-48(71)85-54-41(9)53(36(4)33-81-62-57(79-15)56(78-14)50(72)44(12)84-62)87-60(76)43(11)55(86-49-27-37(5)70(32-39(7)82-49)25-24-67-59(75)47-31-65-22-23-66-47)40(8)52(88-61-51(73)46(69-80-16)28-38(6)83-61)35(3)29-64(13,58(74)42(54)10)89-63(77)68-30-45-20-18-17-19-21-45/h17-23,31,34-44,49-57,61-62,72-73H,24-30,32-33H2,1-16H3,(H,67,75)(H,68,77)/t35-,36-,37?,38+,39-,40+,41-,42+,43+,44+,49-,50+,51+,52-,53+,54+,55-,56+,57+,61-,62+,64-/m0/s1. The summed E-state index contributed by atoms with van der Waals surface area (Å²) in [7, 11) is 4.26. The van der Waals surface area contributed by atoms with Crippen LogP contribution in [0.1, 0.15) is 132 Å². The number of nitrogens with zero attached hydrogens (tertiary/aromatic N) is 4. The van der Waals surface area contributed by atoms with Crippen LogP contribution in [0.2, 0.25) is 0 Å². The summed E-state index contributed by atoms with van der Waals surface area (Å²) in [5.74, 6) is -8.20. The summed E-state index contributed by atoms with van der Waals surface area (Å²) in [6, 6.07) is 8.99. The third kappa shape index (κ3) is 19.6. The molecule has 1 aromatic heterocycles. The number of benzene rings is 1. The number of Topliss-reactive ketones (excluding diaryl/α,β-unsaturated/α-hetero) is 1. The fourth-order valence-electron chi connectivity index (χ4n) is 12.8. The number of aromatic nitrogens is 2. The van der Waals surface area contributed by atoms with Gasteiger partial charge in [0, 0.05) is 95.9 Å². The van der Waals surface area contributed by atoms with E-state index in [2.05, 4.69) is 30.7 Å². The summed E-state index contributed by atoms with van der Waals surface area (Å²) >= 11 is 0. The number of ketones is 1. The summed E-state index contributed by atoms with van der Waals surface area (Å²) in [5, 5.41) is 32.8. The zero-order valence-electron chi connectivity index (χ0n) is 54.8. The second kappa shape index (κ2) is 33.8. The lowest BCUT2D eigenvalue weighted by Crippen LogP contribution is -2.59. The SMILES string of the molecule is CON=C1C[C@@H](C)O[C@@H](O[C@@H]2[C@@H](C)[C@H](O[C@H]3CC(C)N(CCNC(=O)c4cnccn4)C[C@H](C)O3)[C@@H](C)C(=O)O[C@H]([C@@H](C)CO[C@@H]3O[C@H](C)[C@@H](O)[C@@H](OC)[C@H]3OC)[C@H](C)[C@@H](OC(=O)CC(C)C)[C@@H](C)C(=O)[C@@](C)(OC(=O)NCc3ccccc3)C[C@@H]2C)[C@@H]1O. The molecule has 0 bridgehead atoms. The molecule has 6 rings (SSSR count). The van der Waals surface area contributed by atoms with Gasteiger partial charge in [-0.05, 0) is 65.4 Å². The van der Waals surface area contributed by atoms with Crippen LogP contribution in [0, 0.1) is 41.4 Å². The summed E-state index contributed by atoms with van der Waals surface area (Å²) < 4.78 is 71.0. The zero-order valence-corrected chi connectivity index (χ0v) is 54.8. The highest BCUT2D eigenvalue weighted by molar-refractivity contribution is 5.92. The average molecular weight is 1260 g/mol. The maximum atomic E-state index is 16.0. The van der Waals surface area contributed by atoms with E-state index >= 15 is 9.59 Å². The van der Waals surface area contributed by atoms with Gasteiger partial charge < -0.3 is 77.8 Å². The molecule has 4 N–H and O–H groups in total. The summed E-state index contributed by atoms with van der Waals surface area (Å²) in [6.45, 7) is 24.2. The van der Waals surface area contributed by atoms with E-state index in [1.165, 1.54) is 46.8 Å². The number of amides is 2. The van der Waals surface area contributed by atoms with Crippen LogP contribution in [0.15, 0.2) is 54.1 Å². The van der Waals surface area contributed by atoms with Gasteiger partial charge in [0.2, 0.25) is 0 Å². The molecule has 5 heterocycles. The number of methoxy groups -OCH3 is 2. The topological polar surface area (TPSA) is 302 Å². The molecule has 0 aliphatic carbocycles. The molecule has 0 saturated carbocycles. The van der Waals surface area contributed by atoms with Gasteiger partial charge in [-0.3, -0.25) is 29.1 Å². The Morgan fingerprint density at radius 2 is 1.53 bits per heavy atom. The van der Waals surface area contributed by atoms with Crippen LogP contribution in [-0.2, 0) is 77.9 Å². The average Bonchev–Trinajstić information content (AvgIpc) is 2.48. The molecule has 89 heavy (non-hydrogen) atoms. The van der Waals surface area contributed by atoms with Gasteiger partial charge in [0.05, 0.1) is 60.9 Å². The Balaban J connectivity index is 1.47. The van der Waals surface area contributed by atoms with Gasteiger partial charge in [0.1, 0.15) is 49.4 Å². The highest BCUT2D eigenvalue weighted by Crippen LogP contribution is 2.41. The number of cyclic esters (lactones) is 1. The van der Waals surface area contributed by atoms with Crippen molar-refractivity contribution < 1.29 is 91.1 Å². The van der Waals surface area contributed by atoms with Crippen molar-refractivity contribution in [2.45, 2.75) is 220 Å². The molecule has 25 heteroatoms. The lowest BCUT2D eigenvalue weighted by atomic mass is 9.74. The maximum Gasteiger partial charge on any atom is 0.408 e. The minimum absolute atomic E-state index is 0.0156. The number of hydrogen-bond acceptors (Lipinski definition) is 23. The third-order valence-electron chi connectivity index (χ3n) is 17.5. The van der Waals surface area contributed by atoms with Crippen molar-refractivity contribution in [3.05, 3.63) is 60.2 Å². The lowest BCUT2D eigenvalue weighted by molar-refractivity contribution is -0.305. The fraction of sp³-hybridized carbons (Fsp3) is 0.750. The first-order chi connectivity index (χ1) is 42.2. The maximum absolute atomic E-state index is 16.0. The fourth-order valence-corrected chi connectivity index (χ4v) is 12.8.